The molecule has 0 aliphatic carbocycles. The maximum atomic E-state index is 11.7. The Kier molecular flexibility index (Phi) is 4.88. The average molecular weight is 334 g/mol. The maximum Gasteiger partial charge on any atom is 0.344 e. The molecule has 2 aliphatic heterocycles. The van der Waals surface area contributed by atoms with Crippen LogP contribution in [-0.2, 0) is 39.0 Å². The van der Waals surface area contributed by atoms with Crippen LogP contribution in [0.25, 0.3) is 0 Å². The van der Waals surface area contributed by atoms with Crippen LogP contribution in [0.15, 0.2) is 12.2 Å². The molecule has 0 spiro atoms. The number of thiol groups is 1. The van der Waals surface area contributed by atoms with E-state index in [1.165, 1.54) is 6.92 Å². The molecule has 2 fully saturated rings. The summed E-state index contributed by atoms with van der Waals surface area (Å²) in [5.74, 6) is -1.50. The van der Waals surface area contributed by atoms with Crippen LogP contribution in [0.2, 0.25) is 0 Å². The van der Waals surface area contributed by atoms with Crippen molar-refractivity contribution in [3.8, 4) is 0 Å². The summed E-state index contributed by atoms with van der Waals surface area (Å²) in [4.78, 5) is 23.0. The predicted octanol–water partition coefficient (Wildman–Crippen LogP) is -0.120. The minimum absolute atomic E-state index is 0.160. The van der Waals surface area contributed by atoms with E-state index in [1.54, 1.807) is 6.92 Å². The number of carbonyl (C=O) groups excluding carboxylic acids is 2. The number of carbonyl (C=O) groups is 2. The molecule has 2 bridgehead atoms. The van der Waals surface area contributed by atoms with Crippen molar-refractivity contribution in [2.45, 2.75) is 50.6 Å². The molecule has 2 saturated heterocycles. The normalized spacial score (nSPS) is 33.0. The fraction of sp³-hybridized carbons (Fsp3) is 0.692. The largest absolute Gasteiger partial charge is 0.454 e. The van der Waals surface area contributed by atoms with Gasteiger partial charge < -0.3 is 14.2 Å². The van der Waals surface area contributed by atoms with Gasteiger partial charge in [-0.2, -0.15) is 0 Å². The van der Waals surface area contributed by atoms with Crippen LogP contribution in [-0.4, -0.2) is 50.9 Å². The van der Waals surface area contributed by atoms with Gasteiger partial charge in [0.2, 0.25) is 0 Å². The van der Waals surface area contributed by atoms with E-state index in [-0.39, 0.29) is 5.57 Å². The molecule has 2 heterocycles. The van der Waals surface area contributed by atoms with Gasteiger partial charge in [-0.15, -0.1) is 0 Å². The van der Waals surface area contributed by atoms with E-state index in [1.807, 2.05) is 0 Å². The molecule has 4 unspecified atom stereocenters. The molecule has 2 rings (SSSR count). The average Bonchev–Trinajstić information content (AvgIpc) is 2.92. The SMILES string of the molecule is C=C(C)C(=O)OCC(=O)OC1C2CCC(C)(O2)C1O[SH](=O)=O. The first-order chi connectivity index (χ1) is 10.2. The van der Waals surface area contributed by atoms with Crippen molar-refractivity contribution >= 4 is 22.9 Å². The van der Waals surface area contributed by atoms with Gasteiger partial charge in [-0.3, -0.25) is 4.18 Å². The van der Waals surface area contributed by atoms with Crippen LogP contribution in [0, 0.1) is 0 Å². The van der Waals surface area contributed by atoms with E-state index in [2.05, 4.69) is 11.3 Å². The Bertz CT molecular complexity index is 560. The van der Waals surface area contributed by atoms with Crippen LogP contribution >= 0.6 is 0 Å². The molecular formula is C13H18O8S. The van der Waals surface area contributed by atoms with Crippen LogP contribution in [0.1, 0.15) is 26.7 Å². The molecular weight excluding hydrogens is 316 g/mol. The smallest absolute Gasteiger partial charge is 0.344 e. The molecule has 0 radical (unpaired) electrons. The van der Waals surface area contributed by atoms with Gasteiger partial charge in [0.05, 0.1) is 11.7 Å². The Hall–Kier alpha value is -1.45. The van der Waals surface area contributed by atoms with Gasteiger partial charge in [0.25, 0.3) is 11.0 Å². The van der Waals surface area contributed by atoms with Crippen molar-refractivity contribution in [3.63, 3.8) is 0 Å². The lowest BCUT2D eigenvalue weighted by atomic mass is 9.85. The molecule has 22 heavy (non-hydrogen) atoms. The lowest BCUT2D eigenvalue weighted by Crippen LogP contribution is -2.47. The topological polar surface area (TPSA) is 105 Å². The molecule has 0 N–H and O–H groups in total. The summed E-state index contributed by atoms with van der Waals surface area (Å²) in [5.41, 5.74) is -0.646. The summed E-state index contributed by atoms with van der Waals surface area (Å²) < 4.78 is 42.1. The Morgan fingerprint density at radius 3 is 2.68 bits per heavy atom. The van der Waals surface area contributed by atoms with Crippen LogP contribution in [0.3, 0.4) is 0 Å². The first-order valence-electron chi connectivity index (χ1n) is 6.74. The quantitative estimate of drug-likeness (QED) is 0.407. The fourth-order valence-corrected chi connectivity index (χ4v) is 3.24. The van der Waals surface area contributed by atoms with Gasteiger partial charge in [-0.05, 0) is 26.7 Å². The molecule has 0 amide bonds. The van der Waals surface area contributed by atoms with Gasteiger partial charge >= 0.3 is 11.9 Å². The Morgan fingerprint density at radius 2 is 2.09 bits per heavy atom. The second-order valence-electron chi connectivity index (χ2n) is 5.57. The van der Waals surface area contributed by atoms with Crippen molar-refractivity contribution < 1.29 is 36.4 Å². The molecule has 4 atom stereocenters. The first kappa shape index (κ1) is 16.9. The minimum Gasteiger partial charge on any atom is -0.454 e. The summed E-state index contributed by atoms with van der Waals surface area (Å²) in [6, 6.07) is 0. The van der Waals surface area contributed by atoms with E-state index in [0.717, 1.165) is 0 Å². The van der Waals surface area contributed by atoms with Crippen molar-refractivity contribution in [2.24, 2.45) is 0 Å². The van der Waals surface area contributed by atoms with E-state index in [4.69, 9.17) is 13.7 Å². The molecule has 9 heteroatoms. The molecule has 2 aliphatic rings. The van der Waals surface area contributed by atoms with Crippen LogP contribution in [0.4, 0.5) is 0 Å². The zero-order valence-corrected chi connectivity index (χ0v) is 13.2. The van der Waals surface area contributed by atoms with Crippen molar-refractivity contribution in [1.82, 2.24) is 0 Å². The highest BCUT2D eigenvalue weighted by Gasteiger charge is 2.60. The summed E-state index contributed by atoms with van der Waals surface area (Å²) in [5, 5.41) is 0. The van der Waals surface area contributed by atoms with Crippen molar-refractivity contribution in [3.05, 3.63) is 12.2 Å². The standard InChI is InChI=1S/C13H18O8S/c1-7(2)12(15)18-6-9(14)19-10-8-4-5-13(3,20-8)11(10)21-22(16)17/h8,10-11,22H,1,4-6H2,2-3H3. The zero-order chi connectivity index (χ0) is 16.5. The lowest BCUT2D eigenvalue weighted by Gasteiger charge is -2.30. The number of rotatable bonds is 6. The Morgan fingerprint density at radius 1 is 1.41 bits per heavy atom. The van der Waals surface area contributed by atoms with E-state index >= 15 is 0 Å². The molecule has 8 nitrogen and oxygen atoms in total. The highest BCUT2D eigenvalue weighted by molar-refractivity contribution is 7.67. The molecule has 0 aromatic rings. The molecule has 0 aromatic heterocycles. The van der Waals surface area contributed by atoms with Gasteiger partial charge in [0.15, 0.2) is 12.7 Å². The first-order valence-corrected chi connectivity index (χ1v) is 7.83. The van der Waals surface area contributed by atoms with Gasteiger partial charge in [0.1, 0.15) is 6.10 Å². The molecule has 0 aromatic carbocycles. The number of ether oxygens (including phenoxy) is 3. The van der Waals surface area contributed by atoms with E-state index < -0.39 is 53.4 Å². The summed E-state index contributed by atoms with van der Waals surface area (Å²) >= 11 is 0. The lowest BCUT2D eigenvalue weighted by molar-refractivity contribution is -0.165. The number of hydrogen-bond donors (Lipinski definition) is 1. The van der Waals surface area contributed by atoms with E-state index in [9.17, 15) is 18.0 Å². The van der Waals surface area contributed by atoms with Crippen molar-refractivity contribution in [1.29, 1.82) is 0 Å². The zero-order valence-electron chi connectivity index (χ0n) is 12.3. The minimum atomic E-state index is -3.10. The third kappa shape index (κ3) is 3.47. The van der Waals surface area contributed by atoms with Crippen molar-refractivity contribution in [2.75, 3.05) is 6.61 Å². The molecule has 124 valence electrons. The Labute approximate surface area is 129 Å². The van der Waals surface area contributed by atoms with Crippen LogP contribution < -0.4 is 0 Å². The van der Waals surface area contributed by atoms with E-state index in [0.29, 0.717) is 12.8 Å². The second-order valence-corrected chi connectivity index (χ2v) is 6.23. The van der Waals surface area contributed by atoms with Gasteiger partial charge in [-0.25, -0.2) is 18.0 Å². The van der Waals surface area contributed by atoms with Crippen LogP contribution in [0.5, 0.6) is 0 Å². The van der Waals surface area contributed by atoms with Gasteiger partial charge in [-0.1, -0.05) is 6.58 Å². The Balaban J connectivity index is 1.97. The summed E-state index contributed by atoms with van der Waals surface area (Å²) in [7, 11) is -3.10. The third-order valence-electron chi connectivity index (χ3n) is 3.75. The second kappa shape index (κ2) is 6.35. The number of esters is 2. The number of hydrogen-bond acceptors (Lipinski definition) is 8. The predicted molar refractivity (Wildman–Crippen MR) is 73.4 cm³/mol. The summed E-state index contributed by atoms with van der Waals surface area (Å²) in [6.45, 7) is 5.97. The highest BCUT2D eigenvalue weighted by Crippen LogP contribution is 2.46. The molecule has 0 saturated carbocycles. The third-order valence-corrected chi connectivity index (χ3v) is 4.15. The summed E-state index contributed by atoms with van der Waals surface area (Å²) in [6.07, 6.45) is -0.916. The monoisotopic (exact) mass is 334 g/mol. The van der Waals surface area contributed by atoms with Gasteiger partial charge in [0, 0.05) is 5.57 Å². The number of fused-ring (bicyclic) bond motifs is 2. The maximum absolute atomic E-state index is 11.7. The highest BCUT2D eigenvalue weighted by atomic mass is 32.2. The fourth-order valence-electron chi connectivity index (χ4n) is 2.71.